The van der Waals surface area contributed by atoms with Crippen LogP contribution in [0.2, 0.25) is 0 Å². The van der Waals surface area contributed by atoms with Gasteiger partial charge in [-0.05, 0) is 74.9 Å². The minimum atomic E-state index is -1.98. The Balaban J connectivity index is 1.85. The Kier molecular flexibility index (Phi) is 17.8. The Hall–Kier alpha value is -1.87. The van der Waals surface area contributed by atoms with Crippen LogP contribution in [0.1, 0.15) is 94.9 Å². The first-order valence-corrected chi connectivity index (χ1v) is 22.2. The summed E-state index contributed by atoms with van der Waals surface area (Å²) < 4.78 is 45.5. The number of carboxylic acids is 1. The molecule has 4 fully saturated rings. The van der Waals surface area contributed by atoms with Crippen LogP contribution in [-0.2, 0) is 47.5 Å². The molecule has 0 spiro atoms. The zero-order valence-corrected chi connectivity index (χ0v) is 39.2. The molecule has 0 bridgehead atoms. The Morgan fingerprint density at radius 2 is 1.48 bits per heavy atom. The largest absolute Gasteiger partial charge is 0.480 e. The molecule has 0 amide bonds. The number of piperazine rings is 1. The van der Waals surface area contributed by atoms with E-state index in [0.717, 1.165) is 0 Å². The van der Waals surface area contributed by atoms with Gasteiger partial charge in [-0.3, -0.25) is 24.2 Å². The van der Waals surface area contributed by atoms with Crippen LogP contribution >= 0.6 is 0 Å². The molecule has 4 heterocycles. The summed E-state index contributed by atoms with van der Waals surface area (Å²) in [5, 5.41) is 43.8. The molecular formula is C44H79N3O14. The lowest BCUT2D eigenvalue weighted by atomic mass is 9.73. The van der Waals surface area contributed by atoms with Gasteiger partial charge in [-0.2, -0.15) is 0 Å². The Morgan fingerprint density at radius 1 is 0.869 bits per heavy atom. The number of hydrogen-bond donors (Lipinski definition) is 4. The first-order chi connectivity index (χ1) is 28.3. The number of Topliss-reactive ketones (excluding diaryl/α,β-unsaturated/α-hetero) is 1. The third-order valence-electron chi connectivity index (χ3n) is 14.4. The summed E-state index contributed by atoms with van der Waals surface area (Å²) in [5.74, 6) is -5.28. The van der Waals surface area contributed by atoms with Crippen molar-refractivity contribution in [3.05, 3.63) is 0 Å². The van der Waals surface area contributed by atoms with Gasteiger partial charge in [0.05, 0.1) is 60.2 Å². The number of carbonyl (C=O) groups excluding carboxylic acids is 2. The van der Waals surface area contributed by atoms with E-state index < -0.39 is 102 Å². The number of nitrogens with zero attached hydrogens (tertiary/aromatic N) is 3. The third-order valence-corrected chi connectivity index (χ3v) is 14.4. The molecule has 18 atom stereocenters. The van der Waals surface area contributed by atoms with Crippen LogP contribution in [0.15, 0.2) is 0 Å². The van der Waals surface area contributed by atoms with Gasteiger partial charge >= 0.3 is 11.9 Å². The molecule has 17 heteroatoms. The van der Waals surface area contributed by atoms with Crippen molar-refractivity contribution in [1.29, 1.82) is 0 Å². The number of rotatable bonds is 11. The molecule has 17 nitrogen and oxygen atoms in total. The molecule has 4 rings (SSSR count). The number of hydrogen-bond acceptors (Lipinski definition) is 16. The second-order valence-corrected chi connectivity index (χ2v) is 19.3. The molecule has 0 aromatic carbocycles. The van der Waals surface area contributed by atoms with Gasteiger partial charge in [-0.15, -0.1) is 0 Å². The summed E-state index contributed by atoms with van der Waals surface area (Å²) in [5.41, 5.74) is -4.25. The first kappa shape index (κ1) is 51.8. The summed E-state index contributed by atoms with van der Waals surface area (Å²) >= 11 is 0. The second-order valence-electron chi connectivity index (χ2n) is 19.3. The lowest BCUT2D eigenvalue weighted by molar-refractivity contribution is -0.314. The van der Waals surface area contributed by atoms with Gasteiger partial charge in [0.15, 0.2) is 12.6 Å². The molecule has 0 radical (unpaired) electrons. The van der Waals surface area contributed by atoms with Crippen LogP contribution in [0, 0.1) is 23.7 Å². The van der Waals surface area contributed by atoms with Gasteiger partial charge in [0.25, 0.3) is 0 Å². The number of carbonyl (C=O) groups is 3. The molecule has 61 heavy (non-hydrogen) atoms. The van der Waals surface area contributed by atoms with Crippen LogP contribution < -0.4 is 0 Å². The van der Waals surface area contributed by atoms with E-state index in [2.05, 4.69) is 9.80 Å². The van der Waals surface area contributed by atoms with Crippen molar-refractivity contribution >= 4 is 17.7 Å². The summed E-state index contributed by atoms with van der Waals surface area (Å²) in [6.45, 7) is 19.9. The monoisotopic (exact) mass is 874 g/mol. The predicted octanol–water partition coefficient (Wildman–Crippen LogP) is 2.15. The zero-order valence-electron chi connectivity index (χ0n) is 39.2. The van der Waals surface area contributed by atoms with Crippen LogP contribution in [0.4, 0.5) is 0 Å². The lowest BCUT2D eigenvalue weighted by Gasteiger charge is -2.52. The Bertz CT molecular complexity index is 1460. The summed E-state index contributed by atoms with van der Waals surface area (Å²) in [6.07, 6.45) is -7.20. The average molecular weight is 874 g/mol. The van der Waals surface area contributed by atoms with E-state index in [1.54, 1.807) is 48.7 Å². The fourth-order valence-electron chi connectivity index (χ4n) is 10.5. The van der Waals surface area contributed by atoms with Gasteiger partial charge in [0, 0.05) is 70.6 Å². The van der Waals surface area contributed by atoms with E-state index in [1.165, 1.54) is 14.0 Å². The Labute approximate surface area is 363 Å². The minimum absolute atomic E-state index is 0.0155. The van der Waals surface area contributed by atoms with E-state index in [1.807, 2.05) is 39.8 Å². The van der Waals surface area contributed by atoms with Crippen molar-refractivity contribution < 1.29 is 68.0 Å². The minimum Gasteiger partial charge on any atom is -0.480 e. The van der Waals surface area contributed by atoms with E-state index >= 15 is 0 Å². The maximum Gasteiger partial charge on any atom is 0.317 e. The number of ether oxygens (including phenoxy) is 7. The van der Waals surface area contributed by atoms with E-state index in [4.69, 9.17) is 33.2 Å². The van der Waals surface area contributed by atoms with Crippen molar-refractivity contribution in [1.82, 2.24) is 14.7 Å². The molecule has 354 valence electrons. The highest BCUT2D eigenvalue weighted by Gasteiger charge is 2.54. The number of aliphatic hydroxyl groups is 3. The number of carboxylic acid groups (broad SMARTS) is 1. The van der Waals surface area contributed by atoms with Gasteiger partial charge in [0.2, 0.25) is 0 Å². The maximum atomic E-state index is 14.4. The quantitative estimate of drug-likeness (QED) is 0.220. The standard InChI is InChI=1S/C44H79N3O14/c1-15-31-44(10,54)37(51)26(4)35(50)24(2)21-43(9,56-14)39(27(5)36(28(6)40(53)59-31)60-33-22-42(8,55-13)38(52)29(7)58-33)61-41-34(45(11)12)30(20-25(3)57-41)47-18-16-46(17-19-47)23-32(48)49/h24-31,33-34,36-39,41,51-52,54H,15-23H2,1-14H3,(H,48,49)/t24-,25-,26+,27+,28-,29+,30-,31-,33+,34+,36+,37-,38+,39-,41+,42-,43+,44-/m1/s1. The maximum absolute atomic E-state index is 14.4. The third kappa shape index (κ3) is 11.5. The van der Waals surface area contributed by atoms with Crippen molar-refractivity contribution in [2.24, 2.45) is 23.7 Å². The number of aliphatic hydroxyl groups excluding tert-OH is 2. The molecule has 0 aromatic rings. The van der Waals surface area contributed by atoms with E-state index in [0.29, 0.717) is 32.6 Å². The Morgan fingerprint density at radius 3 is 2.02 bits per heavy atom. The number of methoxy groups -OCH3 is 2. The van der Waals surface area contributed by atoms with E-state index in [9.17, 15) is 34.8 Å². The number of cyclic esters (lactones) is 1. The zero-order chi connectivity index (χ0) is 45.9. The average Bonchev–Trinajstić information content (AvgIpc) is 3.20. The fraction of sp³-hybridized carbons (Fsp3) is 0.932. The molecule has 0 unspecified atom stereocenters. The van der Waals surface area contributed by atoms with Crippen molar-refractivity contribution in [2.75, 3.05) is 61.0 Å². The highest BCUT2D eigenvalue weighted by molar-refractivity contribution is 5.83. The molecule has 0 aliphatic carbocycles. The molecule has 0 aromatic heterocycles. The van der Waals surface area contributed by atoms with Gasteiger partial charge in [-0.1, -0.05) is 27.7 Å². The smallest absolute Gasteiger partial charge is 0.317 e. The summed E-state index contributed by atoms with van der Waals surface area (Å²) in [4.78, 5) is 46.6. The summed E-state index contributed by atoms with van der Waals surface area (Å²) in [7, 11) is 7.01. The molecule has 4 aliphatic rings. The molecule has 4 N–H and O–H groups in total. The number of esters is 1. The topological polar surface area (TPSA) is 206 Å². The van der Waals surface area contributed by atoms with Crippen molar-refractivity contribution in [3.8, 4) is 0 Å². The first-order valence-electron chi connectivity index (χ1n) is 22.2. The number of aliphatic carboxylic acids is 1. The normalized spacial score (nSPS) is 45.6. The van der Waals surface area contributed by atoms with Crippen molar-refractivity contribution in [2.45, 2.75) is 179 Å². The van der Waals surface area contributed by atoms with Crippen LogP contribution in [0.25, 0.3) is 0 Å². The molecule has 4 saturated heterocycles. The lowest BCUT2D eigenvalue weighted by Crippen LogP contribution is -2.66. The SMILES string of the molecule is CC[C@H]1OC(=O)[C@H](C)[C@@H](O[C@H]2C[C@@](C)(OC)[C@@H](O)[C@H](C)O2)[C@H](C)[C@@H](O[C@@H]2O[C@H](C)C[C@@H](N3CCN(CC(=O)O)CC3)[C@@H]2N(C)C)[C@@](C)(OC)C[C@@H](C)C(=O)[C@H](C)[C@@H](O)[C@]1(C)O. The van der Waals surface area contributed by atoms with E-state index in [-0.39, 0.29) is 49.8 Å². The van der Waals surface area contributed by atoms with Crippen LogP contribution in [0.3, 0.4) is 0 Å². The number of ketones is 1. The molecular weight excluding hydrogens is 794 g/mol. The predicted molar refractivity (Wildman–Crippen MR) is 224 cm³/mol. The second kappa shape index (κ2) is 21.0. The highest BCUT2D eigenvalue weighted by Crippen LogP contribution is 2.42. The van der Waals surface area contributed by atoms with Crippen LogP contribution in [-0.4, -0.2) is 198 Å². The van der Waals surface area contributed by atoms with Crippen molar-refractivity contribution in [3.63, 3.8) is 0 Å². The van der Waals surface area contributed by atoms with Crippen LogP contribution in [0.5, 0.6) is 0 Å². The summed E-state index contributed by atoms with van der Waals surface area (Å²) in [6, 6.07) is -0.338. The number of likely N-dealkylation sites (N-methyl/N-ethyl adjacent to an activating group) is 1. The fourth-order valence-corrected chi connectivity index (χ4v) is 10.5. The van der Waals surface area contributed by atoms with Gasteiger partial charge in [0.1, 0.15) is 23.6 Å². The molecule has 4 aliphatic heterocycles. The van der Waals surface area contributed by atoms with Gasteiger partial charge < -0.3 is 58.5 Å². The molecule has 0 saturated carbocycles. The van der Waals surface area contributed by atoms with Gasteiger partial charge in [-0.25, -0.2) is 0 Å². The highest BCUT2D eigenvalue weighted by atomic mass is 16.7.